The highest BCUT2D eigenvalue weighted by molar-refractivity contribution is 9.10. The molecule has 4 nitrogen and oxygen atoms in total. The molecule has 3 rings (SSSR count). The van der Waals surface area contributed by atoms with E-state index in [-0.39, 0.29) is 6.54 Å². The van der Waals surface area contributed by atoms with Gasteiger partial charge < -0.3 is 5.11 Å². The molecule has 2 atom stereocenters. The van der Waals surface area contributed by atoms with Crippen molar-refractivity contribution in [1.29, 1.82) is 0 Å². The standard InChI is InChI=1S/C14H13BrF3N3O/c1-13(8-3-2-4-9(15)5-8)11-6-10(14(16,17)18)20-21(11)7-12(22)19-13/h2-6,12,19,22H,7H2,1H3. The van der Waals surface area contributed by atoms with E-state index in [9.17, 15) is 18.3 Å². The van der Waals surface area contributed by atoms with Crippen LogP contribution < -0.4 is 5.32 Å². The van der Waals surface area contributed by atoms with Gasteiger partial charge in [-0.05, 0) is 30.7 Å². The number of hydrogen-bond acceptors (Lipinski definition) is 3. The van der Waals surface area contributed by atoms with Crippen molar-refractivity contribution in [1.82, 2.24) is 15.1 Å². The monoisotopic (exact) mass is 375 g/mol. The molecule has 1 aliphatic heterocycles. The summed E-state index contributed by atoms with van der Waals surface area (Å²) >= 11 is 3.35. The number of nitrogens with one attached hydrogen (secondary N) is 1. The lowest BCUT2D eigenvalue weighted by Gasteiger charge is -2.38. The fourth-order valence-corrected chi connectivity index (χ4v) is 3.14. The molecule has 0 fully saturated rings. The first-order valence-electron chi connectivity index (χ1n) is 6.57. The Balaban J connectivity index is 2.16. The molecule has 0 saturated carbocycles. The lowest BCUT2D eigenvalue weighted by atomic mass is 9.86. The second kappa shape index (κ2) is 5.07. The third-order valence-corrected chi connectivity index (χ3v) is 4.28. The number of halogens is 4. The molecule has 118 valence electrons. The zero-order chi connectivity index (χ0) is 16.1. The van der Waals surface area contributed by atoms with E-state index in [2.05, 4.69) is 26.3 Å². The third-order valence-electron chi connectivity index (χ3n) is 3.79. The van der Waals surface area contributed by atoms with Gasteiger partial charge in [-0.3, -0.25) is 10.00 Å². The topological polar surface area (TPSA) is 50.1 Å². The maximum atomic E-state index is 12.9. The van der Waals surface area contributed by atoms with Crippen LogP contribution in [0.25, 0.3) is 0 Å². The van der Waals surface area contributed by atoms with Gasteiger partial charge in [0.15, 0.2) is 5.69 Å². The fraction of sp³-hybridized carbons (Fsp3) is 0.357. The summed E-state index contributed by atoms with van der Waals surface area (Å²) in [6.07, 6.45) is -5.51. The van der Waals surface area contributed by atoms with E-state index >= 15 is 0 Å². The van der Waals surface area contributed by atoms with E-state index in [0.29, 0.717) is 5.69 Å². The summed E-state index contributed by atoms with van der Waals surface area (Å²) in [5, 5.41) is 16.5. The summed E-state index contributed by atoms with van der Waals surface area (Å²) in [5.41, 5.74) is -0.837. The number of benzene rings is 1. The molecule has 0 saturated heterocycles. The van der Waals surface area contributed by atoms with Gasteiger partial charge in [0.1, 0.15) is 6.23 Å². The van der Waals surface area contributed by atoms with Gasteiger partial charge in [0.2, 0.25) is 0 Å². The number of fused-ring (bicyclic) bond motifs is 1. The normalized spacial score (nSPS) is 25.1. The van der Waals surface area contributed by atoms with Gasteiger partial charge in [-0.25, -0.2) is 0 Å². The summed E-state index contributed by atoms with van der Waals surface area (Å²) in [7, 11) is 0. The van der Waals surface area contributed by atoms with Crippen LogP contribution >= 0.6 is 15.9 Å². The second-order valence-electron chi connectivity index (χ2n) is 5.39. The predicted octanol–water partition coefficient (Wildman–Crippen LogP) is 2.85. The van der Waals surface area contributed by atoms with E-state index in [1.807, 2.05) is 6.07 Å². The van der Waals surface area contributed by atoms with Crippen LogP contribution in [0.2, 0.25) is 0 Å². The van der Waals surface area contributed by atoms with E-state index in [0.717, 1.165) is 16.1 Å². The first kappa shape index (κ1) is 15.5. The minimum Gasteiger partial charge on any atom is -0.377 e. The molecular weight excluding hydrogens is 363 g/mol. The highest BCUT2D eigenvalue weighted by Crippen LogP contribution is 2.37. The molecule has 2 N–H and O–H groups in total. The van der Waals surface area contributed by atoms with E-state index in [1.165, 1.54) is 4.68 Å². The SMILES string of the molecule is CC1(c2cccc(Br)c2)NC(O)Cn2nc(C(F)(F)F)cc21. The van der Waals surface area contributed by atoms with Crippen LogP contribution in [-0.4, -0.2) is 21.1 Å². The average molecular weight is 376 g/mol. The smallest absolute Gasteiger partial charge is 0.377 e. The second-order valence-corrected chi connectivity index (χ2v) is 6.31. The zero-order valence-corrected chi connectivity index (χ0v) is 13.1. The minimum absolute atomic E-state index is 0.0327. The molecule has 1 aromatic carbocycles. The summed E-state index contributed by atoms with van der Waals surface area (Å²) < 4.78 is 40.8. The maximum absolute atomic E-state index is 12.9. The predicted molar refractivity (Wildman–Crippen MR) is 77.0 cm³/mol. The maximum Gasteiger partial charge on any atom is 0.435 e. The largest absolute Gasteiger partial charge is 0.435 e. The van der Waals surface area contributed by atoms with Gasteiger partial charge in [0.25, 0.3) is 0 Å². The highest BCUT2D eigenvalue weighted by atomic mass is 79.9. The Bertz CT molecular complexity index is 716. The molecule has 1 aromatic heterocycles. The van der Waals surface area contributed by atoms with Gasteiger partial charge in [0, 0.05) is 4.47 Å². The number of hydrogen-bond donors (Lipinski definition) is 2. The Morgan fingerprint density at radius 2 is 2.14 bits per heavy atom. The molecule has 0 spiro atoms. The molecule has 2 unspecified atom stereocenters. The Morgan fingerprint density at radius 3 is 2.77 bits per heavy atom. The van der Waals surface area contributed by atoms with Crippen LogP contribution in [0.5, 0.6) is 0 Å². The third kappa shape index (κ3) is 2.55. The lowest BCUT2D eigenvalue weighted by molar-refractivity contribution is -0.141. The van der Waals surface area contributed by atoms with Crippen LogP contribution in [0.3, 0.4) is 0 Å². The number of aromatic nitrogens is 2. The van der Waals surface area contributed by atoms with Crippen LogP contribution in [0.1, 0.15) is 23.9 Å². The van der Waals surface area contributed by atoms with Crippen molar-refractivity contribution < 1.29 is 18.3 Å². The van der Waals surface area contributed by atoms with E-state index in [4.69, 9.17) is 0 Å². The quantitative estimate of drug-likeness (QED) is 0.805. The van der Waals surface area contributed by atoms with Gasteiger partial charge in [-0.2, -0.15) is 18.3 Å². The van der Waals surface area contributed by atoms with Crippen LogP contribution in [0.15, 0.2) is 34.8 Å². The Kier molecular flexibility index (Phi) is 3.58. The van der Waals surface area contributed by atoms with Gasteiger partial charge in [-0.1, -0.05) is 28.1 Å². The van der Waals surface area contributed by atoms with Crippen LogP contribution in [0.4, 0.5) is 13.2 Å². The van der Waals surface area contributed by atoms with Crippen molar-refractivity contribution in [3.63, 3.8) is 0 Å². The minimum atomic E-state index is -4.52. The summed E-state index contributed by atoms with van der Waals surface area (Å²) in [4.78, 5) is 0. The summed E-state index contributed by atoms with van der Waals surface area (Å²) in [5.74, 6) is 0. The molecule has 0 aliphatic carbocycles. The molecule has 0 amide bonds. The first-order valence-corrected chi connectivity index (χ1v) is 7.37. The Morgan fingerprint density at radius 1 is 1.41 bits per heavy atom. The summed E-state index contributed by atoms with van der Waals surface area (Å²) in [6, 6.07) is 8.24. The first-order chi connectivity index (χ1) is 10.2. The van der Waals surface area contributed by atoms with Gasteiger partial charge in [0.05, 0.1) is 17.8 Å². The molecule has 0 radical (unpaired) electrons. The lowest BCUT2D eigenvalue weighted by Crippen LogP contribution is -2.53. The van der Waals surface area contributed by atoms with Crippen molar-refractivity contribution in [2.24, 2.45) is 0 Å². The molecule has 2 heterocycles. The van der Waals surface area contributed by atoms with Crippen molar-refractivity contribution in [2.45, 2.75) is 31.4 Å². The van der Waals surface area contributed by atoms with E-state index < -0.39 is 23.6 Å². The molecule has 8 heteroatoms. The van der Waals surface area contributed by atoms with Gasteiger partial charge in [-0.15, -0.1) is 0 Å². The number of alkyl halides is 3. The molecular formula is C14H13BrF3N3O. The molecule has 22 heavy (non-hydrogen) atoms. The van der Waals surface area contributed by atoms with Crippen molar-refractivity contribution >= 4 is 15.9 Å². The number of aliphatic hydroxyl groups is 1. The van der Waals surface area contributed by atoms with Crippen LogP contribution in [-0.2, 0) is 18.3 Å². The number of nitrogens with zero attached hydrogens (tertiary/aromatic N) is 2. The van der Waals surface area contributed by atoms with Gasteiger partial charge >= 0.3 is 6.18 Å². The number of rotatable bonds is 1. The fourth-order valence-electron chi connectivity index (χ4n) is 2.74. The molecule has 1 aliphatic rings. The van der Waals surface area contributed by atoms with E-state index in [1.54, 1.807) is 25.1 Å². The van der Waals surface area contributed by atoms with Crippen LogP contribution in [0, 0.1) is 0 Å². The summed E-state index contributed by atoms with van der Waals surface area (Å²) in [6.45, 7) is 1.69. The van der Waals surface area contributed by atoms with Crippen molar-refractivity contribution in [2.75, 3.05) is 0 Å². The Hall–Kier alpha value is -1.38. The Labute approximate surface area is 133 Å². The molecule has 0 bridgehead atoms. The average Bonchev–Trinajstić information content (AvgIpc) is 2.83. The van der Waals surface area contributed by atoms with Crippen molar-refractivity contribution in [3.05, 3.63) is 51.8 Å². The molecule has 2 aromatic rings. The highest BCUT2D eigenvalue weighted by Gasteiger charge is 2.43. The number of aliphatic hydroxyl groups excluding tert-OH is 1. The zero-order valence-electron chi connectivity index (χ0n) is 11.5. The van der Waals surface area contributed by atoms with Crippen molar-refractivity contribution in [3.8, 4) is 0 Å².